The van der Waals surface area contributed by atoms with Gasteiger partial charge in [-0.2, -0.15) is 0 Å². The van der Waals surface area contributed by atoms with Gasteiger partial charge < -0.3 is 0 Å². The average Bonchev–Trinajstić information content (AvgIpc) is 2.59. The molecule has 1 aromatic carbocycles. The molecule has 0 N–H and O–H groups in total. The first kappa shape index (κ1) is 8.70. The van der Waals surface area contributed by atoms with Gasteiger partial charge in [-0.1, -0.05) is 26.0 Å². The Morgan fingerprint density at radius 2 is 2.15 bits per heavy atom. The van der Waals surface area contributed by atoms with Crippen molar-refractivity contribution in [1.82, 2.24) is 4.98 Å². The van der Waals surface area contributed by atoms with Gasteiger partial charge in [-0.3, -0.25) is 0 Å². The fraction of sp³-hybridized carbons (Fsp3) is 0.364. The fourth-order valence-electron chi connectivity index (χ4n) is 1.28. The maximum Gasteiger partial charge on any atom is 0.0966 e. The van der Waals surface area contributed by atoms with Crippen LogP contribution in [0.3, 0.4) is 0 Å². The van der Waals surface area contributed by atoms with Crippen LogP contribution >= 0.6 is 11.3 Å². The Morgan fingerprint density at radius 3 is 2.85 bits per heavy atom. The number of nitrogens with zero attached hydrogens (tertiary/aromatic N) is 1. The van der Waals surface area contributed by atoms with Crippen LogP contribution in [0.4, 0.5) is 0 Å². The maximum absolute atomic E-state index is 4.60. The molecule has 0 saturated carbocycles. The third kappa shape index (κ3) is 1.59. The Morgan fingerprint density at radius 1 is 1.38 bits per heavy atom. The van der Waals surface area contributed by atoms with Crippen molar-refractivity contribution >= 4 is 21.6 Å². The van der Waals surface area contributed by atoms with E-state index in [9.17, 15) is 0 Å². The number of hydrogen-bond acceptors (Lipinski definition) is 2. The van der Waals surface area contributed by atoms with Gasteiger partial charge in [0, 0.05) is 5.92 Å². The predicted molar refractivity (Wildman–Crippen MR) is 58.3 cm³/mol. The number of thiazole rings is 1. The molecule has 1 unspecified atom stereocenters. The summed E-state index contributed by atoms with van der Waals surface area (Å²) in [6.07, 6.45) is 1.17. The van der Waals surface area contributed by atoms with Crippen molar-refractivity contribution in [3.8, 4) is 0 Å². The minimum atomic E-state index is 0.595. The van der Waals surface area contributed by atoms with Gasteiger partial charge in [0.2, 0.25) is 0 Å². The van der Waals surface area contributed by atoms with E-state index in [4.69, 9.17) is 0 Å². The van der Waals surface area contributed by atoms with Gasteiger partial charge in [0.1, 0.15) is 0 Å². The van der Waals surface area contributed by atoms with E-state index in [2.05, 4.69) is 37.0 Å². The zero-order chi connectivity index (χ0) is 9.26. The Labute approximate surface area is 82.4 Å². The van der Waals surface area contributed by atoms with Crippen molar-refractivity contribution in [2.45, 2.75) is 26.2 Å². The lowest BCUT2D eigenvalue weighted by Gasteiger charge is -2.00. The molecule has 0 aliphatic heterocycles. The summed E-state index contributed by atoms with van der Waals surface area (Å²) in [6.45, 7) is 4.44. The monoisotopic (exact) mass is 191 g/mol. The molecule has 0 radical (unpaired) electrons. The fourth-order valence-corrected chi connectivity index (χ4v) is 2.38. The van der Waals surface area contributed by atoms with Crippen LogP contribution in [-0.2, 0) is 0 Å². The third-order valence-electron chi connectivity index (χ3n) is 2.34. The van der Waals surface area contributed by atoms with Gasteiger partial charge in [-0.15, -0.1) is 11.3 Å². The maximum atomic E-state index is 4.60. The Balaban J connectivity index is 2.49. The lowest BCUT2D eigenvalue weighted by Crippen LogP contribution is -1.88. The van der Waals surface area contributed by atoms with Gasteiger partial charge in [-0.25, -0.2) is 4.98 Å². The minimum absolute atomic E-state index is 0.595. The number of para-hydroxylation sites is 1. The van der Waals surface area contributed by atoms with Crippen molar-refractivity contribution < 1.29 is 0 Å². The molecule has 68 valence electrons. The average molecular weight is 191 g/mol. The molecule has 0 aliphatic rings. The number of rotatable bonds is 2. The second-order valence-corrected chi connectivity index (χ2v) is 4.39. The van der Waals surface area contributed by atoms with Crippen molar-refractivity contribution in [2.75, 3.05) is 0 Å². The summed E-state index contributed by atoms with van der Waals surface area (Å²) >= 11 is 1.82. The number of fused-ring (bicyclic) bond motifs is 1. The molecule has 0 fully saturated rings. The molecule has 13 heavy (non-hydrogen) atoms. The highest BCUT2D eigenvalue weighted by Crippen LogP contribution is 2.28. The molecule has 2 aromatic rings. The van der Waals surface area contributed by atoms with Gasteiger partial charge in [0.05, 0.1) is 15.2 Å². The van der Waals surface area contributed by atoms with Gasteiger partial charge in [0.25, 0.3) is 0 Å². The molecule has 1 atom stereocenters. The van der Waals surface area contributed by atoms with Crippen LogP contribution < -0.4 is 0 Å². The van der Waals surface area contributed by atoms with E-state index < -0.39 is 0 Å². The van der Waals surface area contributed by atoms with Crippen LogP contribution in [0, 0.1) is 0 Å². The van der Waals surface area contributed by atoms with E-state index in [1.807, 2.05) is 17.4 Å². The van der Waals surface area contributed by atoms with E-state index in [1.165, 1.54) is 16.1 Å². The van der Waals surface area contributed by atoms with Gasteiger partial charge in [-0.05, 0) is 18.6 Å². The topological polar surface area (TPSA) is 12.9 Å². The van der Waals surface area contributed by atoms with Crippen molar-refractivity contribution in [2.24, 2.45) is 0 Å². The standard InChI is InChI=1S/C11H13NS/c1-3-8(2)11-12-9-6-4-5-7-10(9)13-11/h4-8H,3H2,1-2H3. The first-order chi connectivity index (χ1) is 6.31. The molecule has 0 saturated heterocycles. The summed E-state index contributed by atoms with van der Waals surface area (Å²) in [6, 6.07) is 8.33. The summed E-state index contributed by atoms with van der Waals surface area (Å²) < 4.78 is 1.30. The van der Waals surface area contributed by atoms with Gasteiger partial charge >= 0.3 is 0 Å². The number of benzene rings is 1. The second-order valence-electron chi connectivity index (χ2n) is 3.33. The SMILES string of the molecule is CCC(C)c1nc2ccccc2s1. The summed E-state index contributed by atoms with van der Waals surface area (Å²) in [4.78, 5) is 4.60. The molecule has 1 nitrogen and oxygen atoms in total. The van der Waals surface area contributed by atoms with Crippen molar-refractivity contribution in [3.63, 3.8) is 0 Å². The Hall–Kier alpha value is -0.890. The highest BCUT2D eigenvalue weighted by molar-refractivity contribution is 7.18. The second kappa shape index (κ2) is 3.46. The normalized spacial score (nSPS) is 13.4. The van der Waals surface area contributed by atoms with Crippen LogP contribution in [-0.4, -0.2) is 4.98 Å². The summed E-state index contributed by atoms with van der Waals surface area (Å²) in [5.41, 5.74) is 1.14. The largest absolute Gasteiger partial charge is 0.241 e. The first-order valence-corrected chi connectivity index (χ1v) is 5.48. The van der Waals surface area contributed by atoms with E-state index in [-0.39, 0.29) is 0 Å². The highest BCUT2D eigenvalue weighted by Gasteiger charge is 2.08. The molecular formula is C11H13NS. The van der Waals surface area contributed by atoms with Crippen LogP contribution in [0.1, 0.15) is 31.2 Å². The number of hydrogen-bond donors (Lipinski definition) is 0. The molecule has 1 heterocycles. The zero-order valence-corrected chi connectivity index (χ0v) is 8.77. The molecule has 2 heteroatoms. The van der Waals surface area contributed by atoms with E-state index in [0.717, 1.165) is 5.52 Å². The number of aromatic nitrogens is 1. The molecule has 0 aliphatic carbocycles. The summed E-state index contributed by atoms with van der Waals surface area (Å²) in [5.74, 6) is 0.595. The summed E-state index contributed by atoms with van der Waals surface area (Å²) in [7, 11) is 0. The van der Waals surface area contributed by atoms with Crippen LogP contribution in [0.25, 0.3) is 10.2 Å². The lowest BCUT2D eigenvalue weighted by molar-refractivity contribution is 0.729. The smallest absolute Gasteiger partial charge is 0.0966 e. The van der Waals surface area contributed by atoms with Crippen LogP contribution in [0.5, 0.6) is 0 Å². The molecule has 0 spiro atoms. The van der Waals surface area contributed by atoms with Gasteiger partial charge in [0.15, 0.2) is 0 Å². The third-order valence-corrected chi connectivity index (χ3v) is 3.61. The molecule has 1 aromatic heterocycles. The Bertz CT molecular complexity index is 372. The lowest BCUT2D eigenvalue weighted by atomic mass is 10.1. The minimum Gasteiger partial charge on any atom is -0.241 e. The Kier molecular flexibility index (Phi) is 2.32. The van der Waals surface area contributed by atoms with E-state index in [1.54, 1.807) is 0 Å². The van der Waals surface area contributed by atoms with E-state index >= 15 is 0 Å². The molecule has 0 bridgehead atoms. The van der Waals surface area contributed by atoms with Crippen molar-refractivity contribution in [3.05, 3.63) is 29.3 Å². The summed E-state index contributed by atoms with van der Waals surface area (Å²) in [5, 5.41) is 1.27. The van der Waals surface area contributed by atoms with Crippen molar-refractivity contribution in [1.29, 1.82) is 0 Å². The first-order valence-electron chi connectivity index (χ1n) is 4.66. The van der Waals surface area contributed by atoms with Crippen LogP contribution in [0.2, 0.25) is 0 Å². The van der Waals surface area contributed by atoms with Crippen LogP contribution in [0.15, 0.2) is 24.3 Å². The zero-order valence-electron chi connectivity index (χ0n) is 7.95. The molecule has 2 rings (SSSR count). The van der Waals surface area contributed by atoms with E-state index in [0.29, 0.717) is 5.92 Å². The predicted octanol–water partition coefficient (Wildman–Crippen LogP) is 3.81. The highest BCUT2D eigenvalue weighted by atomic mass is 32.1. The molecular weight excluding hydrogens is 178 g/mol. The molecule has 0 amide bonds. The quantitative estimate of drug-likeness (QED) is 0.703.